The van der Waals surface area contributed by atoms with Crippen LogP contribution in [0.2, 0.25) is 0 Å². The fourth-order valence-corrected chi connectivity index (χ4v) is 5.64. The molecule has 202 valence electrons. The largest absolute Gasteiger partial charge is 0.394 e. The molecule has 10 heteroatoms. The third-order valence-electron chi connectivity index (χ3n) is 7.76. The number of nitrogens with zero attached hydrogens (tertiary/aromatic N) is 5. The Labute approximate surface area is 225 Å². The van der Waals surface area contributed by atoms with E-state index in [1.165, 1.54) is 12.4 Å². The summed E-state index contributed by atoms with van der Waals surface area (Å²) in [5.41, 5.74) is 10.4. The minimum atomic E-state index is -0.742. The van der Waals surface area contributed by atoms with Crippen LogP contribution in [0.25, 0.3) is 33.2 Å². The number of nitrogen functional groups attached to an aromatic ring is 1. The van der Waals surface area contributed by atoms with Crippen LogP contribution in [-0.2, 0) is 6.54 Å². The fourth-order valence-electron chi connectivity index (χ4n) is 5.64. The van der Waals surface area contributed by atoms with Crippen LogP contribution in [-0.4, -0.2) is 59.8 Å². The number of benzene rings is 2. The Morgan fingerprint density at radius 2 is 1.90 bits per heavy atom. The van der Waals surface area contributed by atoms with Crippen LogP contribution in [0.3, 0.4) is 0 Å². The molecule has 0 spiro atoms. The van der Waals surface area contributed by atoms with Crippen molar-refractivity contribution >= 4 is 27.8 Å². The molecule has 0 amide bonds. The lowest BCUT2D eigenvalue weighted by atomic mass is 9.91. The average Bonchev–Trinajstić information content (AvgIpc) is 3.55. The van der Waals surface area contributed by atoms with Crippen molar-refractivity contribution in [2.75, 3.05) is 18.9 Å². The molecule has 1 aliphatic rings. The molecule has 3 heterocycles. The number of fused-ring (bicyclic) bond motifs is 2. The molecule has 6 rings (SSSR count). The van der Waals surface area contributed by atoms with E-state index in [0.717, 1.165) is 58.9 Å². The minimum absolute atomic E-state index is 0.168. The summed E-state index contributed by atoms with van der Waals surface area (Å²) in [7, 11) is 0. The Morgan fingerprint density at radius 1 is 1.08 bits per heavy atom. The third kappa shape index (κ3) is 4.98. The zero-order valence-electron chi connectivity index (χ0n) is 21.5. The monoisotopic (exact) mass is 529 g/mol. The topological polar surface area (TPSA) is 127 Å². The number of nitrogens with one attached hydrogen (secondary N) is 1. The molecule has 0 radical (unpaired) electrons. The van der Waals surface area contributed by atoms with E-state index in [1.807, 2.05) is 39.7 Å². The first-order chi connectivity index (χ1) is 19.0. The van der Waals surface area contributed by atoms with Crippen LogP contribution in [0.5, 0.6) is 0 Å². The first kappa shape index (κ1) is 25.4. The average molecular weight is 530 g/mol. The lowest BCUT2D eigenvalue weighted by Crippen LogP contribution is -2.39. The van der Waals surface area contributed by atoms with E-state index in [0.29, 0.717) is 30.5 Å². The highest BCUT2D eigenvalue weighted by molar-refractivity contribution is 6.00. The Morgan fingerprint density at radius 3 is 2.69 bits per heavy atom. The van der Waals surface area contributed by atoms with Crippen LogP contribution in [0, 0.1) is 5.82 Å². The second kappa shape index (κ2) is 10.7. The van der Waals surface area contributed by atoms with Gasteiger partial charge in [-0.05, 0) is 49.9 Å². The second-order valence-corrected chi connectivity index (χ2v) is 10.3. The summed E-state index contributed by atoms with van der Waals surface area (Å²) in [6.07, 6.45) is 6.39. The highest BCUT2D eigenvalue weighted by Gasteiger charge is 2.27. The van der Waals surface area contributed by atoms with Gasteiger partial charge in [0, 0.05) is 40.8 Å². The van der Waals surface area contributed by atoms with E-state index in [9.17, 15) is 9.50 Å². The SMILES string of the molecule is Nc1ncnc2c1c(-c1ccc3c(ccn3Cc3ccccc3F)c1)nn2[C@H]1CC[C@@H](NC[C@@H](O)CO)CC1. The number of anilines is 1. The summed E-state index contributed by atoms with van der Waals surface area (Å²) < 4.78 is 18.3. The van der Waals surface area contributed by atoms with Gasteiger partial charge in [-0.2, -0.15) is 5.10 Å². The number of hydrogen-bond donors (Lipinski definition) is 4. The van der Waals surface area contributed by atoms with E-state index in [4.69, 9.17) is 15.9 Å². The van der Waals surface area contributed by atoms with Gasteiger partial charge in [0.15, 0.2) is 5.65 Å². The Kier molecular flexibility index (Phi) is 6.99. The van der Waals surface area contributed by atoms with Crippen LogP contribution >= 0.6 is 0 Å². The lowest BCUT2D eigenvalue weighted by Gasteiger charge is -2.30. The summed E-state index contributed by atoms with van der Waals surface area (Å²) in [5.74, 6) is 0.183. The lowest BCUT2D eigenvalue weighted by molar-refractivity contribution is 0.0895. The molecule has 0 unspecified atom stereocenters. The van der Waals surface area contributed by atoms with Crippen molar-refractivity contribution in [2.24, 2.45) is 0 Å². The summed E-state index contributed by atoms with van der Waals surface area (Å²) >= 11 is 0. The molecule has 39 heavy (non-hydrogen) atoms. The maximum atomic E-state index is 14.2. The molecular formula is C29H32FN7O2. The molecule has 2 aromatic carbocycles. The molecule has 5 N–H and O–H groups in total. The quantitative estimate of drug-likeness (QED) is 0.242. The maximum absolute atomic E-state index is 14.2. The number of rotatable bonds is 8. The summed E-state index contributed by atoms with van der Waals surface area (Å²) in [5, 5.41) is 28.9. The van der Waals surface area contributed by atoms with Crippen molar-refractivity contribution in [3.63, 3.8) is 0 Å². The number of hydrogen-bond acceptors (Lipinski definition) is 7. The smallest absolute Gasteiger partial charge is 0.164 e. The molecule has 0 bridgehead atoms. The fraction of sp³-hybridized carbons (Fsp3) is 0.345. The Balaban J connectivity index is 1.29. The van der Waals surface area contributed by atoms with Gasteiger partial charge in [0.2, 0.25) is 0 Å². The predicted molar refractivity (Wildman–Crippen MR) is 149 cm³/mol. The molecule has 5 aromatic rings. The van der Waals surface area contributed by atoms with Gasteiger partial charge in [0.1, 0.15) is 23.7 Å². The number of nitrogens with two attached hydrogens (primary N) is 1. The highest BCUT2D eigenvalue weighted by atomic mass is 19.1. The summed E-state index contributed by atoms with van der Waals surface area (Å²) in [4.78, 5) is 8.82. The standard InChI is InChI=1S/C29H32FN7O2/c30-24-4-2-1-3-20(24)15-36-12-11-18-13-19(5-10-25(18)36)27-26-28(31)33-17-34-29(26)37(35-27)22-8-6-21(7-9-22)32-14-23(39)16-38/h1-5,10-13,17,21-23,32,38-39H,6-9,14-16H2,(H2,31,33,34)/t21-,22+,23-/m1/s1. The third-order valence-corrected chi connectivity index (χ3v) is 7.76. The van der Waals surface area contributed by atoms with E-state index < -0.39 is 6.10 Å². The first-order valence-electron chi connectivity index (χ1n) is 13.4. The Hall–Kier alpha value is -3.86. The number of aliphatic hydroxyl groups is 2. The zero-order valence-corrected chi connectivity index (χ0v) is 21.5. The van der Waals surface area contributed by atoms with E-state index in [-0.39, 0.29) is 18.5 Å². The van der Waals surface area contributed by atoms with Crippen LogP contribution in [0.1, 0.15) is 37.3 Å². The van der Waals surface area contributed by atoms with Gasteiger partial charge in [0.05, 0.1) is 30.7 Å². The van der Waals surface area contributed by atoms with E-state index in [2.05, 4.69) is 21.4 Å². The predicted octanol–water partition coefficient (Wildman–Crippen LogP) is 3.64. The van der Waals surface area contributed by atoms with Crippen molar-refractivity contribution in [2.45, 2.75) is 50.4 Å². The van der Waals surface area contributed by atoms with E-state index >= 15 is 0 Å². The van der Waals surface area contributed by atoms with Crippen molar-refractivity contribution in [3.05, 3.63) is 72.4 Å². The van der Waals surface area contributed by atoms with Crippen molar-refractivity contribution in [3.8, 4) is 11.3 Å². The summed E-state index contributed by atoms with van der Waals surface area (Å²) in [6.45, 7) is 0.590. The minimum Gasteiger partial charge on any atom is -0.394 e. The van der Waals surface area contributed by atoms with Gasteiger partial charge in [-0.25, -0.2) is 19.0 Å². The molecule has 1 aliphatic carbocycles. The van der Waals surface area contributed by atoms with Gasteiger partial charge in [-0.3, -0.25) is 0 Å². The van der Waals surface area contributed by atoms with Crippen molar-refractivity contribution in [1.82, 2.24) is 29.6 Å². The van der Waals surface area contributed by atoms with Gasteiger partial charge in [-0.1, -0.05) is 24.3 Å². The van der Waals surface area contributed by atoms with Crippen molar-refractivity contribution < 1.29 is 14.6 Å². The highest BCUT2D eigenvalue weighted by Crippen LogP contribution is 2.37. The molecule has 1 fully saturated rings. The van der Waals surface area contributed by atoms with Crippen LogP contribution in [0.15, 0.2) is 61.1 Å². The number of halogens is 1. The Bertz CT molecular complexity index is 1610. The van der Waals surface area contributed by atoms with E-state index in [1.54, 1.807) is 12.1 Å². The maximum Gasteiger partial charge on any atom is 0.164 e. The number of aliphatic hydroxyl groups excluding tert-OH is 2. The van der Waals surface area contributed by atoms with Crippen LogP contribution in [0.4, 0.5) is 10.2 Å². The normalized spacial score (nSPS) is 18.6. The molecule has 3 aromatic heterocycles. The van der Waals surface area contributed by atoms with Gasteiger partial charge in [0.25, 0.3) is 0 Å². The van der Waals surface area contributed by atoms with Gasteiger partial charge >= 0.3 is 0 Å². The molecule has 1 saturated carbocycles. The molecule has 0 saturated heterocycles. The van der Waals surface area contributed by atoms with Gasteiger partial charge < -0.3 is 25.8 Å². The van der Waals surface area contributed by atoms with Crippen molar-refractivity contribution in [1.29, 1.82) is 0 Å². The molecule has 9 nitrogen and oxygen atoms in total. The first-order valence-corrected chi connectivity index (χ1v) is 13.4. The molecule has 1 atom stereocenters. The molecule has 0 aliphatic heterocycles. The summed E-state index contributed by atoms with van der Waals surface area (Å²) in [6, 6.07) is 15.5. The van der Waals surface area contributed by atoms with Crippen LogP contribution < -0.4 is 11.1 Å². The zero-order chi connectivity index (χ0) is 26.9. The molecular weight excluding hydrogens is 497 g/mol. The second-order valence-electron chi connectivity index (χ2n) is 10.3. The number of aromatic nitrogens is 5. The van der Waals surface area contributed by atoms with Gasteiger partial charge in [-0.15, -0.1) is 0 Å².